The number of rotatable bonds is 14. The quantitative estimate of drug-likeness (QED) is 0.146. The van der Waals surface area contributed by atoms with E-state index in [2.05, 4.69) is 10.2 Å². The first-order valence-electron chi connectivity index (χ1n) is 13.6. The number of carbonyl (C=O) groups is 2. The van der Waals surface area contributed by atoms with Crippen LogP contribution in [0.5, 0.6) is 0 Å². The Hall–Kier alpha value is -4.84. The highest BCUT2D eigenvalue weighted by Crippen LogP contribution is 2.62. The molecule has 58 heavy (non-hydrogen) atoms. The van der Waals surface area contributed by atoms with Crippen molar-refractivity contribution in [3.8, 4) is 0 Å². The van der Waals surface area contributed by atoms with Crippen LogP contribution >= 0.6 is 0 Å². The van der Waals surface area contributed by atoms with Gasteiger partial charge < -0.3 is 10.6 Å². The van der Waals surface area contributed by atoms with Crippen molar-refractivity contribution in [1.29, 1.82) is 0 Å². The van der Waals surface area contributed by atoms with Crippen molar-refractivity contribution >= 4 is 34.6 Å². The minimum Gasteiger partial charge on any atom is -0.321 e. The van der Waals surface area contributed by atoms with Gasteiger partial charge in [0, 0.05) is 5.69 Å². The number of carbonyl (C=O) groups excluding carboxylic acids is 2. The molecule has 2 aromatic rings. The Balaban J connectivity index is 2.70. The molecule has 0 aliphatic heterocycles. The van der Waals surface area contributed by atoms with Crippen LogP contribution in [0.2, 0.25) is 0 Å². The van der Waals surface area contributed by atoms with E-state index < -0.39 is 107 Å². The molecule has 2 N–H and O–H groups in total. The molecule has 0 heterocycles. The minimum absolute atomic E-state index is 0.0243. The lowest BCUT2D eigenvalue weighted by atomic mass is 9.93. The molecule has 0 spiro atoms. The Kier molecular flexibility index (Phi) is 12.3. The van der Waals surface area contributed by atoms with Gasteiger partial charge in [-0.2, -0.15) is 119 Å². The standard InChI is InChI=1S/C26H10F26N4O2/c27-15(28,17(31,32)19(35,36)21(39,40)23(43,44)25(47,48)49)13(57)53-10-6-7-11(56-55-9-4-2-1-3-5-9)12(8-10)54-14(58)16(29,30)18(33,34)20(37,38)22(41,42)24(45,46)26(50,51)52/h1-8H,(H,53,57)(H,54,58). The summed E-state index contributed by atoms with van der Waals surface area (Å²) in [6.07, 6.45) is -15.7. The summed E-state index contributed by atoms with van der Waals surface area (Å²) in [6, 6.07) is 4.92. The lowest BCUT2D eigenvalue weighted by molar-refractivity contribution is -0.436. The number of benzene rings is 2. The SMILES string of the molecule is O=C(Nc1ccc(N=Nc2ccccc2)c(NC(=O)C(F)(F)C(F)(F)C(F)(F)C(F)(F)C(F)(F)C(F)(F)F)c1)C(F)(F)C(F)(F)C(F)(F)C(F)(F)C(F)(F)C(F)(F)F. The van der Waals surface area contributed by atoms with Crippen LogP contribution in [0.3, 0.4) is 0 Å². The van der Waals surface area contributed by atoms with E-state index >= 15 is 0 Å². The summed E-state index contributed by atoms with van der Waals surface area (Å²) in [5, 5.41) is 6.99. The average molecular weight is 904 g/mol. The van der Waals surface area contributed by atoms with Crippen LogP contribution in [-0.4, -0.2) is 83.4 Å². The molecule has 0 saturated heterocycles. The maximum absolute atomic E-state index is 14.5. The Bertz CT molecular complexity index is 1870. The van der Waals surface area contributed by atoms with Crippen molar-refractivity contribution in [1.82, 2.24) is 0 Å². The molecular formula is C26H10F26N4O2. The average Bonchev–Trinajstić information content (AvgIpc) is 3.06. The zero-order chi connectivity index (χ0) is 45.9. The van der Waals surface area contributed by atoms with Gasteiger partial charge in [0.25, 0.3) is 0 Å². The summed E-state index contributed by atoms with van der Waals surface area (Å²) in [4.78, 5) is 24.0. The lowest BCUT2D eigenvalue weighted by Crippen LogP contribution is -2.71. The van der Waals surface area contributed by atoms with Gasteiger partial charge in [-0.15, -0.1) is 5.11 Å². The van der Waals surface area contributed by atoms with Crippen LogP contribution in [0.25, 0.3) is 0 Å². The van der Waals surface area contributed by atoms with E-state index in [1.807, 2.05) is 0 Å². The summed E-state index contributed by atoms with van der Waals surface area (Å²) in [5.74, 6) is -90.7. The molecule has 328 valence electrons. The fourth-order valence-electron chi connectivity index (χ4n) is 3.64. The van der Waals surface area contributed by atoms with Gasteiger partial charge in [0.05, 0.1) is 11.4 Å². The van der Waals surface area contributed by atoms with Gasteiger partial charge in [0.15, 0.2) is 0 Å². The number of halogens is 26. The van der Waals surface area contributed by atoms with Crippen molar-refractivity contribution in [2.75, 3.05) is 10.6 Å². The van der Waals surface area contributed by atoms with Crippen LogP contribution < -0.4 is 10.6 Å². The van der Waals surface area contributed by atoms with Crippen LogP contribution in [0, 0.1) is 0 Å². The molecule has 0 fully saturated rings. The molecule has 0 atom stereocenters. The first kappa shape index (κ1) is 49.3. The summed E-state index contributed by atoms with van der Waals surface area (Å²) < 4.78 is 350. The molecule has 0 bridgehead atoms. The smallest absolute Gasteiger partial charge is 0.321 e. The van der Waals surface area contributed by atoms with Crippen molar-refractivity contribution in [3.05, 3.63) is 48.5 Å². The van der Waals surface area contributed by atoms with E-state index in [-0.39, 0.29) is 17.8 Å². The molecule has 6 nitrogen and oxygen atoms in total. The number of amides is 2. The molecule has 0 aromatic heterocycles. The van der Waals surface area contributed by atoms with Crippen molar-refractivity contribution in [2.24, 2.45) is 10.2 Å². The Morgan fingerprint density at radius 3 is 1.10 bits per heavy atom. The van der Waals surface area contributed by atoms with Gasteiger partial charge in [-0.25, -0.2) is 0 Å². The third kappa shape index (κ3) is 7.48. The maximum Gasteiger partial charge on any atom is 0.460 e. The molecule has 0 aliphatic carbocycles. The third-order valence-electron chi connectivity index (χ3n) is 6.97. The molecule has 0 radical (unpaired) electrons. The number of nitrogens with one attached hydrogen (secondary N) is 2. The van der Waals surface area contributed by atoms with Gasteiger partial charge in [0.1, 0.15) is 5.69 Å². The van der Waals surface area contributed by atoms with Crippen LogP contribution in [0.4, 0.5) is 137 Å². The Morgan fingerprint density at radius 2 is 0.741 bits per heavy atom. The number of hydrogen-bond acceptors (Lipinski definition) is 4. The predicted octanol–water partition coefficient (Wildman–Crippen LogP) is 11.5. The Morgan fingerprint density at radius 1 is 0.397 bits per heavy atom. The van der Waals surface area contributed by atoms with E-state index in [9.17, 15) is 124 Å². The summed E-state index contributed by atoms with van der Waals surface area (Å²) >= 11 is 0. The third-order valence-corrected chi connectivity index (χ3v) is 6.97. The summed E-state index contributed by atoms with van der Waals surface area (Å²) in [5.41, 5.74) is -5.70. The molecule has 0 aliphatic rings. The van der Waals surface area contributed by atoms with Gasteiger partial charge in [-0.05, 0) is 30.3 Å². The fraction of sp³-hybridized carbons (Fsp3) is 0.462. The number of hydrogen-bond donors (Lipinski definition) is 2. The van der Waals surface area contributed by atoms with E-state index in [4.69, 9.17) is 0 Å². The molecule has 2 aromatic carbocycles. The molecule has 0 saturated carbocycles. The van der Waals surface area contributed by atoms with Gasteiger partial charge >= 0.3 is 83.4 Å². The minimum atomic E-state index is -8.56. The van der Waals surface area contributed by atoms with Crippen LogP contribution in [0.1, 0.15) is 0 Å². The van der Waals surface area contributed by atoms with Gasteiger partial charge in [-0.1, -0.05) is 18.2 Å². The van der Waals surface area contributed by atoms with Gasteiger partial charge in [0.2, 0.25) is 0 Å². The number of alkyl halides is 26. The largest absolute Gasteiger partial charge is 0.460 e. The Labute approximate surface area is 300 Å². The highest BCUT2D eigenvalue weighted by molar-refractivity contribution is 6.01. The maximum atomic E-state index is 14.5. The van der Waals surface area contributed by atoms with E-state index in [1.54, 1.807) is 0 Å². The second-order valence-electron chi connectivity index (χ2n) is 10.9. The predicted molar refractivity (Wildman–Crippen MR) is 136 cm³/mol. The molecular weight excluding hydrogens is 894 g/mol. The van der Waals surface area contributed by atoms with Gasteiger partial charge in [-0.3, -0.25) is 9.59 Å². The summed E-state index contributed by atoms with van der Waals surface area (Å²) in [6.45, 7) is 0. The van der Waals surface area contributed by atoms with Crippen molar-refractivity contribution < 1.29 is 124 Å². The van der Waals surface area contributed by atoms with Crippen molar-refractivity contribution in [3.63, 3.8) is 0 Å². The monoisotopic (exact) mass is 904 g/mol. The number of azo groups is 1. The van der Waals surface area contributed by atoms with E-state index in [0.29, 0.717) is 10.6 Å². The second-order valence-corrected chi connectivity index (χ2v) is 10.9. The lowest BCUT2D eigenvalue weighted by Gasteiger charge is -2.39. The zero-order valence-electron chi connectivity index (χ0n) is 26.2. The highest BCUT2D eigenvalue weighted by Gasteiger charge is 2.93. The molecule has 32 heteroatoms. The summed E-state index contributed by atoms with van der Waals surface area (Å²) in [7, 11) is 0. The van der Waals surface area contributed by atoms with Crippen molar-refractivity contribution in [2.45, 2.75) is 71.6 Å². The molecule has 2 rings (SSSR count). The normalized spacial score (nSPS) is 15.1. The zero-order valence-corrected chi connectivity index (χ0v) is 26.2. The fourth-order valence-corrected chi connectivity index (χ4v) is 3.64. The molecule has 2 amide bonds. The molecule has 0 unspecified atom stereocenters. The van der Waals surface area contributed by atoms with E-state index in [1.165, 1.54) is 6.07 Å². The van der Waals surface area contributed by atoms with Crippen LogP contribution in [-0.2, 0) is 9.59 Å². The first-order valence-corrected chi connectivity index (χ1v) is 13.6. The number of nitrogens with zero attached hydrogens (tertiary/aromatic N) is 2. The first-order chi connectivity index (χ1) is 25.5. The van der Waals surface area contributed by atoms with E-state index in [0.717, 1.165) is 24.3 Å². The highest BCUT2D eigenvalue weighted by atomic mass is 19.4. The second kappa shape index (κ2) is 14.5. The number of anilines is 2. The topological polar surface area (TPSA) is 82.9 Å². The van der Waals surface area contributed by atoms with Crippen LogP contribution in [0.15, 0.2) is 58.8 Å².